The van der Waals surface area contributed by atoms with E-state index in [1.54, 1.807) is 0 Å². The fraction of sp³-hybridized carbons (Fsp3) is 0. The van der Waals surface area contributed by atoms with Crippen LogP contribution in [-0.2, 0) is 0 Å². The normalized spacial score (nSPS) is 11.6. The van der Waals surface area contributed by atoms with Crippen molar-refractivity contribution in [2.75, 3.05) is 0 Å². The molecule has 0 atom stereocenters. The van der Waals surface area contributed by atoms with Gasteiger partial charge in [0.1, 0.15) is 0 Å². The highest BCUT2D eigenvalue weighted by molar-refractivity contribution is 6.13. The van der Waals surface area contributed by atoms with Gasteiger partial charge < -0.3 is 18.3 Å². The van der Waals surface area contributed by atoms with Gasteiger partial charge in [-0.1, -0.05) is 224 Å². The minimum absolute atomic E-state index is 1.17. The zero-order chi connectivity index (χ0) is 58.1. The predicted octanol–water partition coefficient (Wildman–Crippen LogP) is 22.4. The summed E-state index contributed by atoms with van der Waals surface area (Å²) in [4.78, 5) is 0. The van der Waals surface area contributed by atoms with Gasteiger partial charge in [-0.15, -0.1) is 0 Å². The smallest absolute Gasteiger partial charge is 0.0547 e. The highest BCUT2D eigenvalue weighted by Crippen LogP contribution is 2.41. The van der Waals surface area contributed by atoms with Gasteiger partial charge in [0.15, 0.2) is 0 Å². The minimum Gasteiger partial charge on any atom is -0.309 e. The van der Waals surface area contributed by atoms with Crippen molar-refractivity contribution in [2.45, 2.75) is 0 Å². The van der Waals surface area contributed by atoms with E-state index in [0.717, 1.165) is 0 Å². The molecule has 0 aliphatic rings. The van der Waals surface area contributed by atoms with Crippen LogP contribution >= 0.6 is 0 Å². The summed E-state index contributed by atoms with van der Waals surface area (Å²) in [6.45, 7) is 0. The molecule has 0 saturated carbocycles. The molecule has 412 valence electrons. The number of aromatic nitrogens is 4. The summed E-state index contributed by atoms with van der Waals surface area (Å²) in [7, 11) is 0. The Morgan fingerprint density at radius 1 is 0.125 bits per heavy atom. The van der Waals surface area contributed by atoms with Gasteiger partial charge in [0.05, 0.1) is 44.1 Å². The fourth-order valence-electron chi connectivity index (χ4n) is 13.8. The van der Waals surface area contributed by atoms with Crippen molar-refractivity contribution in [2.24, 2.45) is 0 Å². The van der Waals surface area contributed by atoms with Crippen LogP contribution in [0, 0.1) is 0 Å². The molecule has 0 aliphatic carbocycles. The van der Waals surface area contributed by atoms with Crippen molar-refractivity contribution in [1.29, 1.82) is 0 Å². The molecule has 14 aromatic carbocycles. The summed E-state index contributed by atoms with van der Waals surface area (Å²) in [6, 6.07) is 123. The van der Waals surface area contributed by atoms with Gasteiger partial charge in [-0.3, -0.25) is 0 Å². The molecule has 0 aliphatic heterocycles. The number of para-hydroxylation sites is 8. The van der Waals surface area contributed by atoms with Crippen molar-refractivity contribution in [3.05, 3.63) is 340 Å². The van der Waals surface area contributed by atoms with E-state index < -0.39 is 0 Å². The average molecular weight is 1120 g/mol. The van der Waals surface area contributed by atoms with Crippen molar-refractivity contribution in [3.8, 4) is 67.3 Å². The lowest BCUT2D eigenvalue weighted by Crippen LogP contribution is -1.94. The Labute approximate surface area is 509 Å². The topological polar surface area (TPSA) is 19.7 Å². The molecular formula is C84H56N4. The Balaban J connectivity index is 0.000000137. The lowest BCUT2D eigenvalue weighted by atomic mass is 9.97. The van der Waals surface area contributed by atoms with Crippen molar-refractivity contribution in [1.82, 2.24) is 18.3 Å². The van der Waals surface area contributed by atoms with E-state index >= 15 is 0 Å². The van der Waals surface area contributed by atoms with Gasteiger partial charge in [-0.05, 0) is 160 Å². The van der Waals surface area contributed by atoms with Gasteiger partial charge in [0.25, 0.3) is 0 Å². The molecule has 0 unspecified atom stereocenters. The van der Waals surface area contributed by atoms with Crippen LogP contribution in [0.4, 0.5) is 0 Å². The second kappa shape index (κ2) is 21.1. The summed E-state index contributed by atoms with van der Waals surface area (Å²) in [5, 5.41) is 10.2. The molecule has 18 aromatic rings. The van der Waals surface area contributed by atoms with Gasteiger partial charge in [0.2, 0.25) is 0 Å². The molecule has 18 rings (SSSR count). The van der Waals surface area contributed by atoms with Crippen molar-refractivity contribution < 1.29 is 0 Å². The first kappa shape index (κ1) is 50.8. The van der Waals surface area contributed by atoms with Gasteiger partial charge in [0, 0.05) is 65.8 Å². The van der Waals surface area contributed by atoms with Crippen molar-refractivity contribution in [3.63, 3.8) is 0 Å². The van der Waals surface area contributed by atoms with E-state index in [-0.39, 0.29) is 0 Å². The second-order valence-corrected chi connectivity index (χ2v) is 22.8. The molecule has 4 heteroatoms. The molecule has 0 N–H and O–H groups in total. The van der Waals surface area contributed by atoms with E-state index in [0.29, 0.717) is 0 Å². The third-order valence-electron chi connectivity index (χ3n) is 17.8. The molecule has 4 aromatic heterocycles. The van der Waals surface area contributed by atoms with Gasteiger partial charge in [-0.2, -0.15) is 0 Å². The van der Waals surface area contributed by atoms with Crippen LogP contribution in [0.3, 0.4) is 0 Å². The molecular weight excluding hydrogens is 1060 g/mol. The van der Waals surface area contributed by atoms with E-state index in [1.165, 1.54) is 154 Å². The monoisotopic (exact) mass is 1120 g/mol. The van der Waals surface area contributed by atoms with E-state index in [2.05, 4.69) is 358 Å². The third-order valence-corrected chi connectivity index (χ3v) is 17.8. The van der Waals surface area contributed by atoms with Crippen LogP contribution in [0.2, 0.25) is 0 Å². The molecule has 0 spiro atoms. The predicted molar refractivity (Wildman–Crippen MR) is 372 cm³/mol. The maximum Gasteiger partial charge on any atom is 0.0547 e. The summed E-state index contributed by atoms with van der Waals surface area (Å²) < 4.78 is 9.52. The number of nitrogens with zero attached hydrogens (tertiary/aromatic N) is 4. The first-order chi connectivity index (χ1) is 43.7. The number of hydrogen-bond acceptors (Lipinski definition) is 0. The molecule has 4 nitrogen and oxygen atoms in total. The first-order valence-corrected chi connectivity index (χ1v) is 30.2. The van der Waals surface area contributed by atoms with E-state index in [9.17, 15) is 0 Å². The largest absolute Gasteiger partial charge is 0.309 e. The van der Waals surface area contributed by atoms with E-state index in [4.69, 9.17) is 0 Å². The Kier molecular flexibility index (Phi) is 12.2. The highest BCUT2D eigenvalue weighted by Gasteiger charge is 2.18. The lowest BCUT2D eigenvalue weighted by molar-refractivity contribution is 1.18. The zero-order valence-electron chi connectivity index (χ0n) is 48.1. The molecule has 0 amide bonds. The maximum atomic E-state index is 2.38. The minimum atomic E-state index is 1.17. The first-order valence-electron chi connectivity index (χ1n) is 30.2. The maximum absolute atomic E-state index is 2.38. The summed E-state index contributed by atoms with van der Waals surface area (Å²) in [6.07, 6.45) is 0. The quantitative estimate of drug-likeness (QED) is 0.144. The summed E-state index contributed by atoms with van der Waals surface area (Å²) in [5.41, 5.74) is 24.1. The van der Waals surface area contributed by atoms with Gasteiger partial charge in [-0.25, -0.2) is 0 Å². The lowest BCUT2D eigenvalue weighted by Gasteiger charge is -2.12. The van der Waals surface area contributed by atoms with Crippen LogP contribution in [0.15, 0.2) is 340 Å². The molecule has 0 saturated heterocycles. The molecule has 0 fully saturated rings. The standard InChI is InChI=1S/2C42H28N2/c1-3-14-33(15-4-1)43-40-21-10-8-19-36(40)38-27-31(23-25-41(38)43)29-12-11-13-30(26-29)32-22-24-37-35-18-7-9-20-39(35)44(42(37)28-32)34-16-5-2-6-17-34;1-2-15-33(16-3-1)43-39-21-7-6-20-37(39)38-25-24-32(28-42(38)43)30-13-10-12-29(26-30)31-14-11-17-34(27-31)44-40-22-8-4-18-35(40)36-19-5-9-23-41(36)44/h2*1-28H. The zero-order valence-corrected chi connectivity index (χ0v) is 48.1. The molecule has 88 heavy (non-hydrogen) atoms. The Morgan fingerprint density at radius 2 is 0.375 bits per heavy atom. The van der Waals surface area contributed by atoms with E-state index in [1.807, 2.05) is 0 Å². The molecule has 0 bridgehead atoms. The number of rotatable bonds is 8. The number of fused-ring (bicyclic) bond motifs is 12. The SMILES string of the molecule is c1ccc(-n2c3ccccc3c3cc(-c4cccc(-c5ccc6c7ccccc7n(-c7ccccc7)c6c5)c4)ccc32)cc1.c1ccc(-n2c3ccccc3c3ccc(-c4cccc(-c5cccc(-n6c7ccccc7c7ccccc76)c5)c4)cc32)cc1. The Hall–Kier alpha value is -11.7. The molecule has 0 radical (unpaired) electrons. The third kappa shape index (κ3) is 8.53. The number of hydrogen-bond donors (Lipinski definition) is 0. The summed E-state index contributed by atoms with van der Waals surface area (Å²) in [5.74, 6) is 0. The van der Waals surface area contributed by atoms with Gasteiger partial charge >= 0.3 is 0 Å². The summed E-state index contributed by atoms with van der Waals surface area (Å²) >= 11 is 0. The van der Waals surface area contributed by atoms with Crippen LogP contribution in [0.25, 0.3) is 154 Å². The average Bonchev–Trinajstić information content (AvgIpc) is 2.08. The second-order valence-electron chi connectivity index (χ2n) is 22.8. The Morgan fingerprint density at radius 3 is 0.773 bits per heavy atom. The fourth-order valence-corrected chi connectivity index (χ4v) is 13.8. The van der Waals surface area contributed by atoms with Crippen LogP contribution in [0.1, 0.15) is 0 Å². The van der Waals surface area contributed by atoms with Crippen LogP contribution in [0.5, 0.6) is 0 Å². The highest BCUT2D eigenvalue weighted by atomic mass is 15.0. The van der Waals surface area contributed by atoms with Crippen LogP contribution in [-0.4, -0.2) is 18.3 Å². The van der Waals surface area contributed by atoms with Crippen LogP contribution < -0.4 is 0 Å². The Bertz CT molecular complexity index is 5630. The number of benzene rings is 14. The molecule has 4 heterocycles. The van der Waals surface area contributed by atoms with Crippen molar-refractivity contribution >= 4 is 87.2 Å².